The van der Waals surface area contributed by atoms with Gasteiger partial charge in [-0.2, -0.15) is 0 Å². The van der Waals surface area contributed by atoms with Crippen molar-refractivity contribution in [2.75, 3.05) is 0 Å². The van der Waals surface area contributed by atoms with Crippen molar-refractivity contribution >= 4 is 46.4 Å². The van der Waals surface area contributed by atoms with Gasteiger partial charge in [0.25, 0.3) is 0 Å². The van der Waals surface area contributed by atoms with Crippen LogP contribution in [0.4, 0.5) is 0 Å². The van der Waals surface area contributed by atoms with E-state index < -0.39 is 32.8 Å². The molecular formula is C14H13Cl3O4. The average Bonchev–Trinajstić information content (AvgIpc) is 2.40. The summed E-state index contributed by atoms with van der Waals surface area (Å²) in [6.07, 6.45) is 0.268. The molecule has 21 heavy (non-hydrogen) atoms. The van der Waals surface area contributed by atoms with Gasteiger partial charge in [-0.25, -0.2) is 0 Å². The largest absolute Gasteiger partial charge is 0.507 e. The summed E-state index contributed by atoms with van der Waals surface area (Å²) in [6, 6.07) is 0. The Balaban J connectivity index is 2.98. The fourth-order valence-electron chi connectivity index (χ4n) is 2.41. The molecule has 2 rings (SSSR count). The summed E-state index contributed by atoms with van der Waals surface area (Å²) in [5, 5.41) is 20.2. The molecule has 0 aliphatic heterocycles. The second kappa shape index (κ2) is 4.77. The summed E-state index contributed by atoms with van der Waals surface area (Å²) in [5.74, 6) is -2.48. The number of benzene rings is 1. The minimum atomic E-state index is -1.76. The summed E-state index contributed by atoms with van der Waals surface area (Å²) in [4.78, 5) is 21.6. The minimum absolute atomic E-state index is 0.166. The monoisotopic (exact) mass is 350 g/mol. The van der Waals surface area contributed by atoms with Gasteiger partial charge in [-0.3, -0.25) is 9.59 Å². The standard InChI is InChI=1S/C14H13Cl3O4/c1-4-5-8(15)10(19)7-6(9(5)18)11(20)13(2,16)14(3,17)12(7)21/h18-19H,4H2,1-3H3. The maximum atomic E-state index is 12.6. The Morgan fingerprint density at radius 2 is 1.33 bits per heavy atom. The van der Waals surface area contributed by atoms with Crippen LogP contribution in [0.5, 0.6) is 11.5 Å². The lowest BCUT2D eigenvalue weighted by molar-refractivity contribution is 0.0803. The number of rotatable bonds is 1. The van der Waals surface area contributed by atoms with E-state index in [0.717, 1.165) is 0 Å². The van der Waals surface area contributed by atoms with Crippen molar-refractivity contribution in [2.24, 2.45) is 0 Å². The predicted molar refractivity (Wildman–Crippen MR) is 81.3 cm³/mol. The Kier molecular flexibility index (Phi) is 3.72. The van der Waals surface area contributed by atoms with Crippen LogP contribution >= 0.6 is 34.8 Å². The first kappa shape index (κ1) is 16.4. The van der Waals surface area contributed by atoms with E-state index in [4.69, 9.17) is 34.8 Å². The second-order valence-electron chi connectivity index (χ2n) is 5.26. The summed E-state index contributed by atoms with van der Waals surface area (Å²) in [5.41, 5.74) is -0.524. The fourth-order valence-corrected chi connectivity index (χ4v) is 3.08. The van der Waals surface area contributed by atoms with Gasteiger partial charge in [-0.1, -0.05) is 18.5 Å². The minimum Gasteiger partial charge on any atom is -0.507 e. The highest BCUT2D eigenvalue weighted by Crippen LogP contribution is 2.52. The van der Waals surface area contributed by atoms with Crippen LogP contribution in [0, 0.1) is 0 Å². The number of Topliss-reactive ketones (excluding diaryl/α,β-unsaturated/α-hetero) is 2. The van der Waals surface area contributed by atoms with Crippen LogP contribution in [0.15, 0.2) is 0 Å². The third kappa shape index (κ3) is 1.89. The zero-order valence-electron chi connectivity index (χ0n) is 11.6. The first-order valence-corrected chi connectivity index (χ1v) is 7.37. The van der Waals surface area contributed by atoms with Crippen molar-refractivity contribution in [3.8, 4) is 11.5 Å². The molecule has 0 aromatic heterocycles. The topological polar surface area (TPSA) is 74.6 Å². The van der Waals surface area contributed by atoms with Gasteiger partial charge in [0.1, 0.15) is 21.2 Å². The van der Waals surface area contributed by atoms with Crippen molar-refractivity contribution in [3.05, 3.63) is 21.7 Å². The van der Waals surface area contributed by atoms with Crippen LogP contribution in [0.1, 0.15) is 47.1 Å². The Labute approximate surface area is 136 Å². The van der Waals surface area contributed by atoms with Crippen molar-refractivity contribution in [3.63, 3.8) is 0 Å². The van der Waals surface area contributed by atoms with Gasteiger partial charge in [-0.05, 0) is 20.3 Å². The van der Waals surface area contributed by atoms with Crippen molar-refractivity contribution in [1.29, 1.82) is 0 Å². The van der Waals surface area contributed by atoms with Gasteiger partial charge in [0.15, 0.2) is 11.6 Å². The molecule has 0 saturated heterocycles. The van der Waals surface area contributed by atoms with E-state index in [1.807, 2.05) is 0 Å². The third-order valence-corrected chi connectivity index (χ3v) is 5.63. The maximum Gasteiger partial charge on any atom is 0.190 e. The van der Waals surface area contributed by atoms with Crippen molar-refractivity contribution in [1.82, 2.24) is 0 Å². The van der Waals surface area contributed by atoms with Gasteiger partial charge in [0.05, 0.1) is 16.1 Å². The number of ketones is 2. The molecule has 114 valence electrons. The van der Waals surface area contributed by atoms with Crippen LogP contribution in [0.2, 0.25) is 5.02 Å². The third-order valence-electron chi connectivity index (χ3n) is 4.02. The van der Waals surface area contributed by atoms with Gasteiger partial charge in [0, 0.05) is 5.56 Å². The number of aromatic hydroxyl groups is 2. The zero-order valence-corrected chi connectivity index (χ0v) is 13.8. The molecule has 0 heterocycles. The summed E-state index contributed by atoms with van der Waals surface area (Å²) < 4.78 is 0. The second-order valence-corrected chi connectivity index (χ2v) is 7.15. The first-order chi connectivity index (χ1) is 9.50. The number of phenols is 2. The number of phenolic OH excluding ortho intramolecular Hbond substituents is 2. The Morgan fingerprint density at radius 1 is 0.952 bits per heavy atom. The number of alkyl halides is 2. The van der Waals surface area contributed by atoms with E-state index in [1.54, 1.807) is 6.92 Å². The number of fused-ring (bicyclic) bond motifs is 1. The number of carbonyl (C=O) groups excluding carboxylic acids is 2. The molecule has 7 heteroatoms. The fraction of sp³-hybridized carbons (Fsp3) is 0.429. The molecule has 2 N–H and O–H groups in total. The Bertz CT molecular complexity index is 678. The van der Waals surface area contributed by atoms with E-state index in [2.05, 4.69) is 0 Å². The number of hydrogen-bond donors (Lipinski definition) is 2. The van der Waals surface area contributed by atoms with Crippen LogP contribution in [-0.4, -0.2) is 31.5 Å². The lowest BCUT2D eigenvalue weighted by Gasteiger charge is -2.39. The van der Waals surface area contributed by atoms with Gasteiger partial charge in [0.2, 0.25) is 0 Å². The van der Waals surface area contributed by atoms with E-state index in [-0.39, 0.29) is 28.1 Å². The van der Waals surface area contributed by atoms with Crippen LogP contribution in [0.3, 0.4) is 0 Å². The summed E-state index contributed by atoms with van der Waals surface area (Å²) >= 11 is 18.3. The highest BCUT2D eigenvalue weighted by Gasteiger charge is 2.59. The zero-order chi connectivity index (χ0) is 16.3. The van der Waals surface area contributed by atoms with Crippen LogP contribution < -0.4 is 0 Å². The molecule has 1 aliphatic rings. The van der Waals surface area contributed by atoms with E-state index in [9.17, 15) is 19.8 Å². The molecule has 2 atom stereocenters. The normalized spacial score (nSPS) is 28.7. The number of carbonyl (C=O) groups is 2. The molecule has 1 aromatic rings. The molecule has 0 spiro atoms. The lowest BCUT2D eigenvalue weighted by atomic mass is 9.73. The molecule has 4 nitrogen and oxygen atoms in total. The Hall–Kier alpha value is -0.970. The lowest BCUT2D eigenvalue weighted by Crippen LogP contribution is -2.56. The molecule has 0 saturated carbocycles. The van der Waals surface area contributed by atoms with Crippen molar-refractivity contribution < 1.29 is 19.8 Å². The van der Waals surface area contributed by atoms with Gasteiger partial charge >= 0.3 is 0 Å². The molecule has 0 fully saturated rings. The molecule has 1 aromatic carbocycles. The average molecular weight is 352 g/mol. The summed E-state index contributed by atoms with van der Waals surface area (Å²) in [7, 11) is 0. The quantitative estimate of drug-likeness (QED) is 0.598. The van der Waals surface area contributed by atoms with Crippen LogP contribution in [-0.2, 0) is 6.42 Å². The molecule has 0 radical (unpaired) electrons. The van der Waals surface area contributed by atoms with E-state index in [0.29, 0.717) is 0 Å². The van der Waals surface area contributed by atoms with Gasteiger partial charge < -0.3 is 10.2 Å². The first-order valence-electron chi connectivity index (χ1n) is 6.23. The highest BCUT2D eigenvalue weighted by atomic mass is 35.5. The summed E-state index contributed by atoms with van der Waals surface area (Å²) in [6.45, 7) is 4.29. The van der Waals surface area contributed by atoms with E-state index >= 15 is 0 Å². The van der Waals surface area contributed by atoms with Crippen LogP contribution in [0.25, 0.3) is 0 Å². The maximum absolute atomic E-state index is 12.6. The highest BCUT2D eigenvalue weighted by molar-refractivity contribution is 6.54. The van der Waals surface area contributed by atoms with E-state index in [1.165, 1.54) is 13.8 Å². The Morgan fingerprint density at radius 3 is 1.71 bits per heavy atom. The molecule has 0 bridgehead atoms. The molecule has 2 unspecified atom stereocenters. The number of halogens is 3. The van der Waals surface area contributed by atoms with Gasteiger partial charge in [-0.15, -0.1) is 23.2 Å². The SMILES string of the molecule is CCc1c(O)c2c(c(O)c1Cl)C(=O)C(C)(Cl)C(C)(Cl)C2=O. The number of hydrogen-bond acceptors (Lipinski definition) is 4. The molecular weight excluding hydrogens is 339 g/mol. The molecule has 1 aliphatic carbocycles. The smallest absolute Gasteiger partial charge is 0.190 e. The molecule has 0 amide bonds. The predicted octanol–water partition coefficient (Wildman–Crippen LogP) is 3.69. The van der Waals surface area contributed by atoms with Crippen molar-refractivity contribution in [2.45, 2.75) is 36.9 Å².